The Balaban J connectivity index is 1.89. The monoisotopic (exact) mass is 248 g/mol. The van der Waals surface area contributed by atoms with E-state index in [0.717, 1.165) is 31.6 Å². The Labute approximate surface area is 108 Å². The average molecular weight is 248 g/mol. The lowest BCUT2D eigenvalue weighted by molar-refractivity contribution is 0.0945. The van der Waals surface area contributed by atoms with Crippen molar-refractivity contribution in [2.24, 2.45) is 11.7 Å². The molecule has 1 aromatic rings. The van der Waals surface area contributed by atoms with E-state index in [2.05, 4.69) is 5.32 Å². The first-order chi connectivity index (χ1) is 8.79. The van der Waals surface area contributed by atoms with Gasteiger partial charge in [0.25, 0.3) is 5.91 Å². The van der Waals surface area contributed by atoms with Gasteiger partial charge in [-0.25, -0.2) is 0 Å². The van der Waals surface area contributed by atoms with Crippen molar-refractivity contribution in [1.29, 1.82) is 0 Å². The van der Waals surface area contributed by atoms with E-state index in [1.165, 1.54) is 0 Å². The largest absolute Gasteiger partial charge is 0.381 e. The highest BCUT2D eigenvalue weighted by molar-refractivity contribution is 5.94. The van der Waals surface area contributed by atoms with Crippen LogP contribution in [0.3, 0.4) is 0 Å². The fraction of sp³-hybridized carbons (Fsp3) is 0.500. The van der Waals surface area contributed by atoms with E-state index in [1.54, 1.807) is 0 Å². The molecule has 1 aliphatic heterocycles. The standard InChI is InChI=1S/C14H20N2O2/c15-6-4-11-2-1-3-13(8-11)14(17)16-9-12-5-7-18-10-12/h1-3,8,12H,4-7,9-10,15H2,(H,16,17). The number of benzene rings is 1. The molecule has 3 N–H and O–H groups in total. The van der Waals surface area contributed by atoms with E-state index in [4.69, 9.17) is 10.5 Å². The lowest BCUT2D eigenvalue weighted by atomic mass is 10.1. The molecule has 1 fully saturated rings. The third-order valence-corrected chi connectivity index (χ3v) is 3.20. The average Bonchev–Trinajstić information content (AvgIpc) is 2.90. The van der Waals surface area contributed by atoms with Crippen LogP contribution in [0.15, 0.2) is 24.3 Å². The molecule has 1 unspecified atom stereocenters. The van der Waals surface area contributed by atoms with Crippen LogP contribution in [0.5, 0.6) is 0 Å². The molecule has 4 nitrogen and oxygen atoms in total. The second-order valence-corrected chi connectivity index (χ2v) is 4.68. The van der Waals surface area contributed by atoms with Crippen LogP contribution in [0.25, 0.3) is 0 Å². The first-order valence-electron chi connectivity index (χ1n) is 6.44. The molecular formula is C14H20N2O2. The first-order valence-corrected chi connectivity index (χ1v) is 6.44. The van der Waals surface area contributed by atoms with Gasteiger partial charge in [-0.2, -0.15) is 0 Å². The van der Waals surface area contributed by atoms with Gasteiger partial charge in [0.1, 0.15) is 0 Å². The van der Waals surface area contributed by atoms with Gasteiger partial charge in [-0.1, -0.05) is 12.1 Å². The zero-order valence-electron chi connectivity index (χ0n) is 10.5. The highest BCUT2D eigenvalue weighted by atomic mass is 16.5. The summed E-state index contributed by atoms with van der Waals surface area (Å²) < 4.78 is 5.28. The van der Waals surface area contributed by atoms with Crippen molar-refractivity contribution in [2.45, 2.75) is 12.8 Å². The summed E-state index contributed by atoms with van der Waals surface area (Å²) in [5, 5.41) is 2.96. The number of hydrogen-bond donors (Lipinski definition) is 2. The van der Waals surface area contributed by atoms with Crippen molar-refractivity contribution < 1.29 is 9.53 Å². The lowest BCUT2D eigenvalue weighted by Crippen LogP contribution is -2.29. The van der Waals surface area contributed by atoms with Gasteiger partial charge in [0.15, 0.2) is 0 Å². The Morgan fingerprint density at radius 2 is 2.39 bits per heavy atom. The van der Waals surface area contributed by atoms with Crippen molar-refractivity contribution in [3.8, 4) is 0 Å². The number of nitrogens with two attached hydrogens (primary N) is 1. The predicted octanol–water partition coefficient (Wildman–Crippen LogP) is 0.954. The van der Waals surface area contributed by atoms with Gasteiger partial charge in [-0.15, -0.1) is 0 Å². The van der Waals surface area contributed by atoms with Gasteiger partial charge < -0.3 is 15.8 Å². The molecule has 0 bridgehead atoms. The summed E-state index contributed by atoms with van der Waals surface area (Å²) in [5.41, 5.74) is 7.33. The van der Waals surface area contributed by atoms with Gasteiger partial charge >= 0.3 is 0 Å². The first kappa shape index (κ1) is 13.1. The van der Waals surface area contributed by atoms with Gasteiger partial charge in [-0.3, -0.25) is 4.79 Å². The van der Waals surface area contributed by atoms with Gasteiger partial charge in [0, 0.05) is 24.6 Å². The Kier molecular flexibility index (Phi) is 4.73. The fourth-order valence-electron chi connectivity index (χ4n) is 2.12. The minimum Gasteiger partial charge on any atom is -0.381 e. The van der Waals surface area contributed by atoms with Crippen LogP contribution in [0.1, 0.15) is 22.3 Å². The minimum atomic E-state index is -0.0132. The van der Waals surface area contributed by atoms with Crippen LogP contribution in [0, 0.1) is 5.92 Å². The summed E-state index contributed by atoms with van der Waals surface area (Å²) in [4.78, 5) is 12.0. The van der Waals surface area contributed by atoms with Crippen molar-refractivity contribution in [2.75, 3.05) is 26.3 Å². The molecule has 4 heteroatoms. The summed E-state index contributed by atoms with van der Waals surface area (Å²) in [6.07, 6.45) is 1.84. The molecule has 0 aromatic heterocycles. The topological polar surface area (TPSA) is 64.4 Å². The quantitative estimate of drug-likeness (QED) is 0.815. The molecule has 2 rings (SSSR count). The Bertz CT molecular complexity index is 401. The summed E-state index contributed by atoms with van der Waals surface area (Å²) in [6, 6.07) is 7.64. The van der Waals surface area contributed by atoms with Crippen LogP contribution in [0.2, 0.25) is 0 Å². The molecule has 0 saturated carbocycles. The number of rotatable bonds is 5. The van der Waals surface area contributed by atoms with E-state index >= 15 is 0 Å². The zero-order chi connectivity index (χ0) is 12.8. The number of amides is 1. The molecule has 1 aromatic carbocycles. The summed E-state index contributed by atoms with van der Waals surface area (Å²) >= 11 is 0. The third-order valence-electron chi connectivity index (χ3n) is 3.20. The van der Waals surface area contributed by atoms with Crippen molar-refractivity contribution in [1.82, 2.24) is 5.32 Å². The normalized spacial score (nSPS) is 18.8. The second kappa shape index (κ2) is 6.52. The molecule has 1 amide bonds. The molecule has 1 saturated heterocycles. The molecule has 0 aliphatic carbocycles. The Morgan fingerprint density at radius 3 is 3.11 bits per heavy atom. The predicted molar refractivity (Wildman–Crippen MR) is 70.5 cm³/mol. The Morgan fingerprint density at radius 1 is 1.50 bits per heavy atom. The lowest BCUT2D eigenvalue weighted by Gasteiger charge is -2.10. The highest BCUT2D eigenvalue weighted by Gasteiger charge is 2.16. The zero-order valence-corrected chi connectivity index (χ0v) is 10.5. The van der Waals surface area contributed by atoms with E-state index in [0.29, 0.717) is 24.6 Å². The molecule has 1 aliphatic rings. The maximum atomic E-state index is 12.0. The molecule has 1 heterocycles. The maximum Gasteiger partial charge on any atom is 0.251 e. The number of carbonyl (C=O) groups excluding carboxylic acids is 1. The number of ether oxygens (including phenoxy) is 1. The van der Waals surface area contributed by atoms with E-state index in [9.17, 15) is 4.79 Å². The number of carbonyl (C=O) groups is 1. The SMILES string of the molecule is NCCc1cccc(C(=O)NCC2CCOC2)c1. The minimum absolute atomic E-state index is 0.0132. The van der Waals surface area contributed by atoms with Crippen molar-refractivity contribution in [3.63, 3.8) is 0 Å². The molecule has 98 valence electrons. The van der Waals surface area contributed by atoms with E-state index < -0.39 is 0 Å². The van der Waals surface area contributed by atoms with Crippen molar-refractivity contribution in [3.05, 3.63) is 35.4 Å². The van der Waals surface area contributed by atoms with Gasteiger partial charge in [-0.05, 0) is 37.1 Å². The van der Waals surface area contributed by atoms with Crippen LogP contribution in [0.4, 0.5) is 0 Å². The molecule has 0 spiro atoms. The number of hydrogen-bond acceptors (Lipinski definition) is 3. The van der Waals surface area contributed by atoms with Crippen molar-refractivity contribution >= 4 is 5.91 Å². The summed E-state index contributed by atoms with van der Waals surface area (Å²) in [6.45, 7) is 2.87. The molecular weight excluding hydrogens is 228 g/mol. The maximum absolute atomic E-state index is 12.0. The van der Waals surface area contributed by atoms with E-state index in [-0.39, 0.29) is 5.91 Å². The van der Waals surface area contributed by atoms with Gasteiger partial charge in [0.05, 0.1) is 6.61 Å². The second-order valence-electron chi connectivity index (χ2n) is 4.68. The smallest absolute Gasteiger partial charge is 0.251 e. The molecule has 18 heavy (non-hydrogen) atoms. The van der Waals surface area contributed by atoms with Crippen LogP contribution >= 0.6 is 0 Å². The van der Waals surface area contributed by atoms with E-state index in [1.807, 2.05) is 24.3 Å². The number of nitrogens with one attached hydrogen (secondary N) is 1. The summed E-state index contributed by atoms with van der Waals surface area (Å²) in [7, 11) is 0. The highest BCUT2D eigenvalue weighted by Crippen LogP contribution is 2.11. The van der Waals surface area contributed by atoms with Crippen LogP contribution < -0.4 is 11.1 Å². The van der Waals surface area contributed by atoms with Crippen LogP contribution in [-0.2, 0) is 11.2 Å². The third kappa shape index (κ3) is 3.55. The fourth-order valence-corrected chi connectivity index (χ4v) is 2.12. The summed E-state index contributed by atoms with van der Waals surface area (Å²) in [5.74, 6) is 0.446. The Hall–Kier alpha value is -1.39. The molecule has 0 radical (unpaired) electrons. The van der Waals surface area contributed by atoms with Crippen LogP contribution in [-0.4, -0.2) is 32.2 Å². The van der Waals surface area contributed by atoms with Gasteiger partial charge in [0.2, 0.25) is 0 Å². The molecule has 1 atom stereocenters.